The molecule has 0 bridgehead atoms. The second-order valence-corrected chi connectivity index (χ2v) is 17.7. The van der Waals surface area contributed by atoms with E-state index in [9.17, 15) is 76.0 Å². The highest BCUT2D eigenvalue weighted by molar-refractivity contribution is 5.81. The highest BCUT2D eigenvalue weighted by Gasteiger charge is 2.54. The lowest BCUT2D eigenvalue weighted by atomic mass is 9.83. The van der Waals surface area contributed by atoms with Gasteiger partial charge in [0.15, 0.2) is 18.9 Å². The Hall–Kier alpha value is -2.02. The fourth-order valence-corrected chi connectivity index (χ4v) is 8.60. The summed E-state index contributed by atoms with van der Waals surface area (Å²) < 4.78 is 33.7. The van der Waals surface area contributed by atoms with E-state index in [1.807, 2.05) is 6.92 Å². The number of carbonyl (C=O) groups is 2. The van der Waals surface area contributed by atoms with E-state index in [2.05, 4.69) is 10.6 Å². The van der Waals surface area contributed by atoms with Gasteiger partial charge in [0, 0.05) is 18.6 Å². The third-order valence-corrected chi connectivity index (χ3v) is 12.7. The van der Waals surface area contributed by atoms with Crippen molar-refractivity contribution in [2.75, 3.05) is 19.8 Å². The summed E-state index contributed by atoms with van der Waals surface area (Å²) >= 11 is 0. The van der Waals surface area contributed by atoms with Gasteiger partial charge in [0.25, 0.3) is 0 Å². The number of ether oxygens (including phenoxy) is 6. The highest BCUT2D eigenvalue weighted by Crippen LogP contribution is 2.33. The SMILES string of the molecule is CCC[C@H](O)C(=O)N[C@@H]1CC(N)[C@@H](O[C@H]2OC(CO)[C@@H](O)[C@H](O)C2N)[C@H](O)C1O.CCC[C@H](O)C(=O)N[C@@H]1CC(N)[C@@H](O[C@H]2OC(CO)[C@@H](O)[C@H](O)C2N)[C@H](O[C@@H]2O[C@H](CN)[C@H](O)C2O)C1O. The Balaban J connectivity index is 0.000000304. The van der Waals surface area contributed by atoms with Crippen molar-refractivity contribution < 1.29 is 104 Å². The molecule has 26 atom stereocenters. The van der Waals surface area contributed by atoms with E-state index in [4.69, 9.17) is 57.1 Å². The maximum atomic E-state index is 12.5. The summed E-state index contributed by atoms with van der Waals surface area (Å²) in [6.45, 7) is 2.22. The molecule has 0 aromatic rings. The normalized spacial score (nSPS) is 45.6. The molecule has 5 fully saturated rings. The summed E-state index contributed by atoms with van der Waals surface area (Å²) in [5.41, 5.74) is 29.8. The van der Waals surface area contributed by atoms with E-state index in [0.717, 1.165) is 0 Å². The maximum Gasteiger partial charge on any atom is 0.249 e. The molecule has 3 heterocycles. The van der Waals surface area contributed by atoms with Crippen LogP contribution in [0.5, 0.6) is 0 Å². The number of carbonyl (C=O) groups excluding carboxylic acids is 2. The standard InChI is InChI=1S/C22H42N4O12.C17H33N3O9/c1-2-3-9(28)20(34)26-8-4-7(24)18(37-21-12(25)16(32)15(31)11(6-27)36-21)19(13(8)29)38-22-17(33)14(30)10(5-23)35-22;1-2-3-8(22)16(27)20-7-4-6(18)15(14(26)11(7)23)29-17-10(19)13(25)12(24)9(5-21)28-17/h7-19,21-22,27-33H,2-6,23-25H2,1H3,(H,26,34);6-15,17,21-26H,2-5,18-19H2,1H3,(H,20,27)/t7?,8-,9+,10-,11?,12?,13?,14+,15-,16-,17?,18-,19-,21-,22+;6?,7-,8+,9?,10?,11?,12-,13-,14-,15-,17-/m11/s1. The summed E-state index contributed by atoms with van der Waals surface area (Å²) in [5.74, 6) is -1.40. The van der Waals surface area contributed by atoms with Crippen LogP contribution in [0.4, 0.5) is 0 Å². The van der Waals surface area contributed by atoms with E-state index in [1.165, 1.54) is 0 Å². The van der Waals surface area contributed by atoms with E-state index in [0.29, 0.717) is 12.8 Å². The molecule has 2 saturated carbocycles. The van der Waals surface area contributed by atoms with Crippen LogP contribution in [-0.4, -0.2) is 257 Å². The van der Waals surface area contributed by atoms with Crippen molar-refractivity contribution in [2.45, 2.75) is 211 Å². The van der Waals surface area contributed by atoms with Crippen LogP contribution in [0.2, 0.25) is 0 Å². The zero-order valence-corrected chi connectivity index (χ0v) is 37.3. The Bertz CT molecular complexity index is 1520. The van der Waals surface area contributed by atoms with E-state index in [-0.39, 0.29) is 32.2 Å². The molecule has 0 spiro atoms. The largest absolute Gasteiger partial charge is 0.394 e. The van der Waals surface area contributed by atoms with Crippen molar-refractivity contribution in [3.05, 3.63) is 0 Å². The predicted octanol–water partition coefficient (Wildman–Crippen LogP) is -11.1. The minimum atomic E-state index is -1.54. The van der Waals surface area contributed by atoms with Gasteiger partial charge in [-0.3, -0.25) is 9.59 Å². The van der Waals surface area contributed by atoms with E-state index in [1.54, 1.807) is 6.92 Å². The van der Waals surface area contributed by atoms with Crippen LogP contribution in [0.15, 0.2) is 0 Å². The third-order valence-electron chi connectivity index (χ3n) is 12.7. The van der Waals surface area contributed by atoms with Gasteiger partial charge in [0.2, 0.25) is 11.8 Å². The molecule has 3 aliphatic heterocycles. The molecular weight excluding hydrogens is 902 g/mol. The van der Waals surface area contributed by atoms with Crippen molar-refractivity contribution in [1.82, 2.24) is 10.6 Å². The van der Waals surface area contributed by atoms with Crippen LogP contribution in [0, 0.1) is 0 Å². The molecule has 28 heteroatoms. The highest BCUT2D eigenvalue weighted by atomic mass is 16.7. The maximum absolute atomic E-state index is 12.5. The smallest absolute Gasteiger partial charge is 0.249 e. The molecule has 5 rings (SSSR count). The summed E-state index contributed by atoms with van der Waals surface area (Å²) in [5, 5.41) is 136. The molecule has 5 aliphatic rings. The van der Waals surface area contributed by atoms with E-state index < -0.39 is 184 Å². The number of aliphatic hydroxyl groups is 13. The molecule has 0 aromatic heterocycles. The first-order valence-corrected chi connectivity index (χ1v) is 22.5. The number of nitrogens with one attached hydrogen (secondary N) is 2. The van der Waals surface area contributed by atoms with Crippen LogP contribution >= 0.6 is 0 Å². The van der Waals surface area contributed by atoms with Crippen LogP contribution < -0.4 is 39.3 Å². The van der Waals surface area contributed by atoms with Crippen molar-refractivity contribution in [3.63, 3.8) is 0 Å². The topological polar surface area (TPSA) is 507 Å². The van der Waals surface area contributed by atoms with Crippen molar-refractivity contribution in [3.8, 4) is 0 Å². The van der Waals surface area contributed by atoms with Crippen molar-refractivity contribution >= 4 is 11.8 Å². The minimum Gasteiger partial charge on any atom is -0.394 e. The fraction of sp³-hybridized carbons (Fsp3) is 0.949. The first-order chi connectivity index (χ1) is 31.6. The van der Waals surface area contributed by atoms with E-state index >= 15 is 0 Å². The predicted molar refractivity (Wildman–Crippen MR) is 225 cm³/mol. The van der Waals surface area contributed by atoms with Gasteiger partial charge in [0.05, 0.1) is 37.4 Å². The second-order valence-electron chi connectivity index (χ2n) is 17.7. The molecule has 2 aliphatic carbocycles. The van der Waals surface area contributed by atoms with Gasteiger partial charge in [-0.05, 0) is 25.7 Å². The molecule has 2 amide bonds. The molecule has 9 unspecified atom stereocenters. The molecule has 28 nitrogen and oxygen atoms in total. The number of nitrogens with two attached hydrogens (primary N) is 5. The number of rotatable bonds is 17. The van der Waals surface area contributed by atoms with Crippen molar-refractivity contribution in [1.29, 1.82) is 0 Å². The first kappa shape index (κ1) is 57.6. The lowest BCUT2D eigenvalue weighted by molar-refractivity contribution is -0.310. The van der Waals surface area contributed by atoms with Crippen LogP contribution in [-0.2, 0) is 38.0 Å². The molecule has 0 radical (unpaired) electrons. The number of hydrogen-bond acceptors (Lipinski definition) is 26. The second kappa shape index (κ2) is 25.9. The lowest BCUT2D eigenvalue weighted by Crippen LogP contribution is -2.69. The zero-order chi connectivity index (χ0) is 50.2. The molecular formula is C39H75N7O21. The molecule has 25 N–H and O–H groups in total. The lowest BCUT2D eigenvalue weighted by Gasteiger charge is -2.47. The van der Waals surface area contributed by atoms with Crippen LogP contribution in [0.25, 0.3) is 0 Å². The zero-order valence-electron chi connectivity index (χ0n) is 37.3. The minimum absolute atomic E-state index is 0.0318. The molecule has 392 valence electrons. The van der Waals surface area contributed by atoms with Gasteiger partial charge in [-0.15, -0.1) is 0 Å². The summed E-state index contributed by atoms with van der Waals surface area (Å²) in [4.78, 5) is 24.5. The van der Waals surface area contributed by atoms with Gasteiger partial charge in [-0.25, -0.2) is 0 Å². The van der Waals surface area contributed by atoms with Gasteiger partial charge in [-0.2, -0.15) is 0 Å². The first-order valence-electron chi connectivity index (χ1n) is 22.5. The van der Waals surface area contributed by atoms with Gasteiger partial charge in [-0.1, -0.05) is 26.7 Å². The Labute approximate surface area is 386 Å². The Morgan fingerprint density at radius 1 is 0.537 bits per heavy atom. The van der Waals surface area contributed by atoms with Crippen molar-refractivity contribution in [2.24, 2.45) is 28.7 Å². The summed E-state index contributed by atoms with van der Waals surface area (Å²) in [6.07, 6.45) is -25.6. The Morgan fingerprint density at radius 2 is 0.925 bits per heavy atom. The Morgan fingerprint density at radius 3 is 1.34 bits per heavy atom. The summed E-state index contributed by atoms with van der Waals surface area (Å²) in [7, 11) is 0. The Kier molecular flexibility index (Phi) is 22.3. The quantitative estimate of drug-likeness (QED) is 0.0643. The molecule has 3 saturated heterocycles. The third kappa shape index (κ3) is 13.7. The van der Waals surface area contributed by atoms with Gasteiger partial charge in [0.1, 0.15) is 104 Å². The van der Waals surface area contributed by atoms with Gasteiger partial charge < -0.3 is 134 Å². The number of aliphatic hydroxyl groups excluding tert-OH is 13. The molecule has 0 aromatic carbocycles. The monoisotopic (exact) mass is 978 g/mol. The number of amides is 2. The fourth-order valence-electron chi connectivity index (χ4n) is 8.60. The number of hydrogen-bond donors (Lipinski definition) is 20. The molecule has 67 heavy (non-hydrogen) atoms. The average Bonchev–Trinajstić information content (AvgIpc) is 3.57. The summed E-state index contributed by atoms with van der Waals surface area (Å²) in [6, 6.07) is -6.20. The van der Waals surface area contributed by atoms with Gasteiger partial charge >= 0.3 is 0 Å². The van der Waals surface area contributed by atoms with Crippen LogP contribution in [0.1, 0.15) is 52.4 Å². The van der Waals surface area contributed by atoms with Crippen LogP contribution in [0.3, 0.4) is 0 Å². The average molecular weight is 978 g/mol.